The molecule has 0 fully saturated rings. The first kappa shape index (κ1) is 23.9. The Morgan fingerprint density at radius 3 is 2.62 bits per heavy atom. The normalized spacial score (nSPS) is 15.6. The number of carbonyl (C=O) groups is 1. The number of imidazole rings is 1. The maximum Gasteiger partial charge on any atom is 0.202 e. The Balaban J connectivity index is 1.69. The summed E-state index contributed by atoms with van der Waals surface area (Å²) in [6.07, 6.45) is 7.61. The van der Waals surface area contributed by atoms with Gasteiger partial charge in [-0.3, -0.25) is 4.79 Å². The zero-order valence-electron chi connectivity index (χ0n) is 21.2. The lowest BCUT2D eigenvalue weighted by atomic mass is 9.75. The molecule has 2 heterocycles. The van der Waals surface area contributed by atoms with Gasteiger partial charge < -0.3 is 10.3 Å². The molecule has 5 nitrogen and oxygen atoms in total. The van der Waals surface area contributed by atoms with Crippen LogP contribution in [0, 0.1) is 19.3 Å². The van der Waals surface area contributed by atoms with Crippen molar-refractivity contribution in [2.24, 2.45) is 5.41 Å². The SMILES string of the molecule is Cc1cccc(NC(C)(C)c2ccc(CC(=O)c3ncc(C)[nH]3)c(C3=CCC(C)(C)CC3)c2)n1. The van der Waals surface area contributed by atoms with Gasteiger partial charge in [-0.15, -0.1) is 0 Å². The van der Waals surface area contributed by atoms with Crippen molar-refractivity contribution in [3.05, 3.63) is 82.6 Å². The van der Waals surface area contributed by atoms with E-state index in [9.17, 15) is 4.79 Å². The Bertz CT molecular complexity index is 1230. The van der Waals surface area contributed by atoms with E-state index in [4.69, 9.17) is 0 Å². The highest BCUT2D eigenvalue weighted by molar-refractivity contribution is 5.95. The van der Waals surface area contributed by atoms with Crippen molar-refractivity contribution in [2.45, 2.75) is 72.8 Å². The number of anilines is 1. The lowest BCUT2D eigenvalue weighted by Crippen LogP contribution is -2.29. The van der Waals surface area contributed by atoms with Gasteiger partial charge in [0.25, 0.3) is 0 Å². The largest absolute Gasteiger partial charge is 0.361 e. The molecule has 0 saturated carbocycles. The number of H-pyrrole nitrogens is 1. The number of Topliss-reactive ketones (excluding diaryl/α,β-unsaturated/α-hetero) is 1. The Morgan fingerprint density at radius 1 is 1.18 bits per heavy atom. The Hall–Kier alpha value is -3.21. The molecule has 1 aromatic carbocycles. The first-order valence-corrected chi connectivity index (χ1v) is 12.1. The van der Waals surface area contributed by atoms with Crippen molar-refractivity contribution in [3.8, 4) is 0 Å². The molecule has 0 radical (unpaired) electrons. The van der Waals surface area contributed by atoms with Crippen LogP contribution in [0.3, 0.4) is 0 Å². The predicted molar refractivity (Wildman–Crippen MR) is 139 cm³/mol. The van der Waals surface area contributed by atoms with Crippen LogP contribution < -0.4 is 5.32 Å². The van der Waals surface area contributed by atoms with Gasteiger partial charge in [0, 0.05) is 24.0 Å². The van der Waals surface area contributed by atoms with E-state index in [-0.39, 0.29) is 11.3 Å². The first-order valence-electron chi connectivity index (χ1n) is 12.1. The number of aromatic nitrogens is 3. The van der Waals surface area contributed by atoms with Crippen LogP contribution in [0.15, 0.2) is 48.7 Å². The molecule has 3 aromatic rings. The molecule has 5 heteroatoms. The van der Waals surface area contributed by atoms with E-state index >= 15 is 0 Å². The third-order valence-corrected chi connectivity index (χ3v) is 6.80. The van der Waals surface area contributed by atoms with Crippen molar-refractivity contribution < 1.29 is 4.79 Å². The van der Waals surface area contributed by atoms with Crippen LogP contribution in [-0.4, -0.2) is 20.7 Å². The zero-order valence-corrected chi connectivity index (χ0v) is 21.2. The topological polar surface area (TPSA) is 70.7 Å². The highest BCUT2D eigenvalue weighted by Gasteiger charge is 2.26. The molecule has 2 N–H and O–H groups in total. The molecule has 4 rings (SSSR count). The fourth-order valence-corrected chi connectivity index (χ4v) is 4.56. The van der Waals surface area contributed by atoms with Gasteiger partial charge in [-0.25, -0.2) is 9.97 Å². The number of rotatable bonds is 7. The molecule has 2 aromatic heterocycles. The number of pyridine rings is 1. The second-order valence-corrected chi connectivity index (χ2v) is 10.9. The summed E-state index contributed by atoms with van der Waals surface area (Å²) in [6, 6.07) is 12.5. The van der Waals surface area contributed by atoms with Gasteiger partial charge in [0.2, 0.25) is 5.78 Å². The van der Waals surface area contributed by atoms with Gasteiger partial charge in [-0.1, -0.05) is 38.1 Å². The fourth-order valence-electron chi connectivity index (χ4n) is 4.56. The summed E-state index contributed by atoms with van der Waals surface area (Å²) < 4.78 is 0. The zero-order chi connectivity index (χ0) is 24.5. The number of hydrogen-bond acceptors (Lipinski definition) is 4. The molecule has 0 aliphatic heterocycles. The summed E-state index contributed by atoms with van der Waals surface area (Å²) in [5, 5.41) is 3.59. The summed E-state index contributed by atoms with van der Waals surface area (Å²) in [7, 11) is 0. The molecule has 0 saturated heterocycles. The molecule has 178 valence electrons. The van der Waals surface area contributed by atoms with E-state index in [1.807, 2.05) is 32.0 Å². The number of benzene rings is 1. The van der Waals surface area contributed by atoms with Gasteiger partial charge in [0.05, 0.1) is 5.54 Å². The Labute approximate surface area is 203 Å². The number of aromatic amines is 1. The highest BCUT2D eigenvalue weighted by atomic mass is 16.1. The molecule has 0 atom stereocenters. The monoisotopic (exact) mass is 456 g/mol. The minimum absolute atomic E-state index is 0.0141. The number of hydrogen-bond donors (Lipinski definition) is 2. The van der Waals surface area contributed by atoms with E-state index < -0.39 is 0 Å². The van der Waals surface area contributed by atoms with Crippen LogP contribution in [0.25, 0.3) is 5.57 Å². The highest BCUT2D eigenvalue weighted by Crippen LogP contribution is 2.40. The number of allylic oxidation sites excluding steroid dienone is 2. The van der Waals surface area contributed by atoms with Gasteiger partial charge in [-0.05, 0) is 92.8 Å². The Kier molecular flexibility index (Phi) is 6.48. The summed E-state index contributed by atoms with van der Waals surface area (Å²) >= 11 is 0. The smallest absolute Gasteiger partial charge is 0.202 e. The van der Waals surface area contributed by atoms with E-state index in [1.54, 1.807) is 6.20 Å². The minimum atomic E-state index is -0.329. The molecule has 0 bridgehead atoms. The number of ketones is 1. The summed E-state index contributed by atoms with van der Waals surface area (Å²) in [5.74, 6) is 1.30. The maximum absolute atomic E-state index is 13.0. The third kappa shape index (κ3) is 5.46. The van der Waals surface area contributed by atoms with Crippen molar-refractivity contribution in [3.63, 3.8) is 0 Å². The van der Waals surface area contributed by atoms with Gasteiger partial charge in [0.1, 0.15) is 5.82 Å². The first-order chi connectivity index (χ1) is 16.0. The lowest BCUT2D eigenvalue weighted by molar-refractivity contribution is 0.0983. The maximum atomic E-state index is 13.0. The lowest BCUT2D eigenvalue weighted by Gasteiger charge is -2.31. The van der Waals surface area contributed by atoms with Crippen LogP contribution in [-0.2, 0) is 12.0 Å². The molecule has 0 spiro atoms. The molecule has 1 aliphatic carbocycles. The van der Waals surface area contributed by atoms with Crippen molar-refractivity contribution >= 4 is 17.2 Å². The number of aryl methyl sites for hydroxylation is 2. The fraction of sp³-hybridized carbons (Fsp3) is 0.414. The summed E-state index contributed by atoms with van der Waals surface area (Å²) in [5.41, 5.74) is 6.61. The Morgan fingerprint density at radius 2 is 1.97 bits per heavy atom. The molecule has 0 unspecified atom stereocenters. The van der Waals surface area contributed by atoms with Crippen LogP contribution in [0.5, 0.6) is 0 Å². The molecule has 34 heavy (non-hydrogen) atoms. The van der Waals surface area contributed by atoms with Gasteiger partial charge in [0.15, 0.2) is 5.82 Å². The van der Waals surface area contributed by atoms with E-state index in [0.29, 0.717) is 17.7 Å². The van der Waals surface area contributed by atoms with Gasteiger partial charge >= 0.3 is 0 Å². The van der Waals surface area contributed by atoms with Crippen molar-refractivity contribution in [2.75, 3.05) is 5.32 Å². The minimum Gasteiger partial charge on any atom is -0.361 e. The standard InChI is InChI=1S/C29H36N4O/c1-19-8-7-9-26(31-19)33-29(5,6)23-11-10-22(16-25(34)27-30-18-20(2)32-27)24(17-23)21-12-14-28(3,4)15-13-21/h7-12,17-18H,13-16H2,1-6H3,(H,30,32)(H,31,33). The molecule has 0 amide bonds. The van der Waals surface area contributed by atoms with Crippen molar-refractivity contribution in [1.82, 2.24) is 15.0 Å². The van der Waals surface area contributed by atoms with Crippen LogP contribution >= 0.6 is 0 Å². The van der Waals surface area contributed by atoms with E-state index in [2.05, 4.69) is 72.2 Å². The summed E-state index contributed by atoms with van der Waals surface area (Å²) in [4.78, 5) is 24.9. The quantitative estimate of drug-likeness (QED) is 0.384. The molecular formula is C29H36N4O. The second-order valence-electron chi connectivity index (χ2n) is 10.9. The summed E-state index contributed by atoms with van der Waals surface area (Å²) in [6.45, 7) is 12.9. The predicted octanol–water partition coefficient (Wildman–Crippen LogP) is 6.79. The van der Waals surface area contributed by atoms with Crippen molar-refractivity contribution in [1.29, 1.82) is 0 Å². The van der Waals surface area contributed by atoms with Crippen LogP contribution in [0.2, 0.25) is 0 Å². The second kappa shape index (κ2) is 9.21. The molecule has 1 aliphatic rings. The van der Waals surface area contributed by atoms with E-state index in [0.717, 1.165) is 42.0 Å². The third-order valence-electron chi connectivity index (χ3n) is 6.80. The van der Waals surface area contributed by atoms with Crippen LogP contribution in [0.1, 0.15) is 85.7 Å². The number of nitrogens with one attached hydrogen (secondary N) is 2. The number of carbonyl (C=O) groups excluding carboxylic acids is 1. The average molecular weight is 457 g/mol. The number of nitrogens with zero attached hydrogens (tertiary/aromatic N) is 2. The average Bonchev–Trinajstić information content (AvgIpc) is 3.20. The van der Waals surface area contributed by atoms with Gasteiger partial charge in [-0.2, -0.15) is 0 Å². The van der Waals surface area contributed by atoms with Crippen LogP contribution in [0.4, 0.5) is 5.82 Å². The molecular weight excluding hydrogens is 420 g/mol. The van der Waals surface area contributed by atoms with E-state index in [1.165, 1.54) is 16.7 Å².